The van der Waals surface area contributed by atoms with Crippen LogP contribution in [0.15, 0.2) is 18.2 Å². The van der Waals surface area contributed by atoms with E-state index in [4.69, 9.17) is 9.47 Å². The molecule has 5 nitrogen and oxygen atoms in total. The molecule has 1 aliphatic heterocycles. The van der Waals surface area contributed by atoms with Gasteiger partial charge in [-0.25, -0.2) is 0 Å². The number of non-ortho nitro benzene ring substituents is 1. The minimum Gasteiger partial charge on any atom is -0.344 e. The molecule has 1 heterocycles. The highest BCUT2D eigenvalue weighted by Crippen LogP contribution is 2.34. The smallest absolute Gasteiger partial charge is 0.269 e. The van der Waals surface area contributed by atoms with Gasteiger partial charge in [-0.05, 0) is 19.4 Å². The zero-order valence-corrected chi connectivity index (χ0v) is 9.23. The van der Waals surface area contributed by atoms with Gasteiger partial charge in [0.05, 0.1) is 18.1 Å². The van der Waals surface area contributed by atoms with Gasteiger partial charge in [-0.3, -0.25) is 10.1 Å². The van der Waals surface area contributed by atoms with Gasteiger partial charge in [0.2, 0.25) is 0 Å². The third kappa shape index (κ3) is 1.79. The number of nitrogens with zero attached hydrogens (tertiary/aromatic N) is 1. The van der Waals surface area contributed by atoms with Crippen molar-refractivity contribution in [3.05, 3.63) is 39.4 Å². The zero-order chi connectivity index (χ0) is 11.8. The van der Waals surface area contributed by atoms with Crippen molar-refractivity contribution in [2.45, 2.75) is 19.6 Å². The Hall–Kier alpha value is -1.46. The van der Waals surface area contributed by atoms with Crippen LogP contribution in [0.2, 0.25) is 0 Å². The molecule has 0 atom stereocenters. The van der Waals surface area contributed by atoms with E-state index in [0.29, 0.717) is 13.2 Å². The van der Waals surface area contributed by atoms with E-state index in [1.807, 2.05) is 6.92 Å². The van der Waals surface area contributed by atoms with Gasteiger partial charge in [-0.2, -0.15) is 0 Å². The lowest BCUT2D eigenvalue weighted by Gasteiger charge is -2.24. The topological polar surface area (TPSA) is 61.6 Å². The first kappa shape index (κ1) is 11.0. The predicted octanol–water partition coefficient (Wildman–Crippen LogP) is 2.12. The number of ether oxygens (including phenoxy) is 2. The summed E-state index contributed by atoms with van der Waals surface area (Å²) in [6.07, 6.45) is 0. The van der Waals surface area contributed by atoms with Crippen molar-refractivity contribution in [2.75, 3.05) is 13.2 Å². The Bertz CT molecular complexity index is 424. The molecule has 16 heavy (non-hydrogen) atoms. The molecule has 0 bridgehead atoms. The maximum Gasteiger partial charge on any atom is 0.269 e. The first-order chi connectivity index (χ1) is 7.53. The molecule has 1 fully saturated rings. The van der Waals surface area contributed by atoms with E-state index in [1.54, 1.807) is 13.0 Å². The Balaban J connectivity index is 2.46. The van der Waals surface area contributed by atoms with Crippen molar-refractivity contribution in [1.29, 1.82) is 0 Å². The van der Waals surface area contributed by atoms with Gasteiger partial charge in [-0.1, -0.05) is 6.07 Å². The summed E-state index contributed by atoms with van der Waals surface area (Å²) in [5.41, 5.74) is 1.70. The molecule has 2 rings (SSSR count). The SMILES string of the molecule is Cc1ccc([N+](=O)[O-])cc1C1(C)OCCO1. The molecule has 1 aromatic rings. The second-order valence-electron chi connectivity index (χ2n) is 3.90. The summed E-state index contributed by atoms with van der Waals surface area (Å²) in [6, 6.07) is 4.71. The number of nitro benzene ring substituents is 1. The molecule has 0 aromatic heterocycles. The van der Waals surface area contributed by atoms with Crippen LogP contribution in [0, 0.1) is 17.0 Å². The van der Waals surface area contributed by atoms with Crippen LogP contribution in [0.1, 0.15) is 18.1 Å². The molecule has 0 radical (unpaired) electrons. The lowest BCUT2D eigenvalue weighted by Crippen LogP contribution is -2.23. The summed E-state index contributed by atoms with van der Waals surface area (Å²) in [6.45, 7) is 4.69. The lowest BCUT2D eigenvalue weighted by atomic mass is 10.0. The number of benzene rings is 1. The van der Waals surface area contributed by atoms with E-state index >= 15 is 0 Å². The van der Waals surface area contributed by atoms with Gasteiger partial charge in [0.25, 0.3) is 5.69 Å². The summed E-state index contributed by atoms with van der Waals surface area (Å²) >= 11 is 0. The van der Waals surface area contributed by atoms with Gasteiger partial charge in [0.1, 0.15) is 0 Å². The Morgan fingerprint density at radius 3 is 2.56 bits per heavy atom. The summed E-state index contributed by atoms with van der Waals surface area (Å²) < 4.78 is 11.0. The van der Waals surface area contributed by atoms with Crippen LogP contribution in [-0.4, -0.2) is 18.1 Å². The fourth-order valence-electron chi connectivity index (χ4n) is 1.88. The third-order valence-corrected chi connectivity index (χ3v) is 2.76. The second kappa shape index (κ2) is 3.84. The minimum atomic E-state index is -0.851. The van der Waals surface area contributed by atoms with E-state index in [1.165, 1.54) is 12.1 Å². The highest BCUT2D eigenvalue weighted by atomic mass is 16.7. The summed E-state index contributed by atoms with van der Waals surface area (Å²) in [7, 11) is 0. The van der Waals surface area contributed by atoms with Gasteiger partial charge in [0, 0.05) is 17.7 Å². The van der Waals surface area contributed by atoms with Gasteiger partial charge >= 0.3 is 0 Å². The van der Waals surface area contributed by atoms with E-state index in [0.717, 1.165) is 11.1 Å². The van der Waals surface area contributed by atoms with Crippen LogP contribution < -0.4 is 0 Å². The van der Waals surface area contributed by atoms with Crippen LogP contribution in [0.25, 0.3) is 0 Å². The zero-order valence-electron chi connectivity index (χ0n) is 9.23. The number of nitro groups is 1. The molecule has 0 unspecified atom stereocenters. The first-order valence-electron chi connectivity index (χ1n) is 5.06. The highest BCUT2D eigenvalue weighted by Gasteiger charge is 2.35. The van der Waals surface area contributed by atoms with Crippen molar-refractivity contribution in [1.82, 2.24) is 0 Å². The predicted molar refractivity (Wildman–Crippen MR) is 57.1 cm³/mol. The number of hydrogen-bond acceptors (Lipinski definition) is 4. The van der Waals surface area contributed by atoms with Crippen LogP contribution in [0.4, 0.5) is 5.69 Å². The fraction of sp³-hybridized carbons (Fsp3) is 0.455. The van der Waals surface area contributed by atoms with Crippen molar-refractivity contribution < 1.29 is 14.4 Å². The molecule has 1 aliphatic rings. The Morgan fingerprint density at radius 1 is 1.38 bits per heavy atom. The average Bonchev–Trinajstić information content (AvgIpc) is 2.66. The van der Waals surface area contributed by atoms with Crippen LogP contribution in [-0.2, 0) is 15.3 Å². The molecule has 0 N–H and O–H groups in total. The van der Waals surface area contributed by atoms with E-state index < -0.39 is 10.7 Å². The average molecular weight is 223 g/mol. The number of hydrogen-bond donors (Lipinski definition) is 0. The van der Waals surface area contributed by atoms with E-state index in [-0.39, 0.29) is 5.69 Å². The van der Waals surface area contributed by atoms with Gasteiger partial charge in [-0.15, -0.1) is 0 Å². The molecular weight excluding hydrogens is 210 g/mol. The maximum atomic E-state index is 10.7. The molecule has 1 saturated heterocycles. The third-order valence-electron chi connectivity index (χ3n) is 2.76. The summed E-state index contributed by atoms with van der Waals surface area (Å²) in [5.74, 6) is -0.851. The van der Waals surface area contributed by atoms with Crippen LogP contribution in [0.5, 0.6) is 0 Å². The van der Waals surface area contributed by atoms with Gasteiger partial charge < -0.3 is 9.47 Å². The molecule has 0 spiro atoms. The van der Waals surface area contributed by atoms with Crippen LogP contribution in [0.3, 0.4) is 0 Å². The van der Waals surface area contributed by atoms with Crippen molar-refractivity contribution in [2.24, 2.45) is 0 Å². The largest absolute Gasteiger partial charge is 0.344 e. The Labute approximate surface area is 93.1 Å². The van der Waals surface area contributed by atoms with Crippen LogP contribution >= 0.6 is 0 Å². The Kier molecular flexibility index (Phi) is 2.65. The molecule has 5 heteroatoms. The monoisotopic (exact) mass is 223 g/mol. The van der Waals surface area contributed by atoms with E-state index in [9.17, 15) is 10.1 Å². The normalized spacial score (nSPS) is 18.6. The first-order valence-corrected chi connectivity index (χ1v) is 5.06. The van der Waals surface area contributed by atoms with Crippen molar-refractivity contribution >= 4 is 5.69 Å². The fourth-order valence-corrected chi connectivity index (χ4v) is 1.88. The quantitative estimate of drug-likeness (QED) is 0.569. The molecular formula is C11H13NO4. The standard InChI is InChI=1S/C11H13NO4/c1-8-3-4-9(12(13)14)7-10(8)11(2)15-5-6-16-11/h3-4,7H,5-6H2,1-2H3. The Morgan fingerprint density at radius 2 is 2.00 bits per heavy atom. The number of aryl methyl sites for hydroxylation is 1. The summed E-state index contributed by atoms with van der Waals surface area (Å²) in [4.78, 5) is 10.3. The van der Waals surface area contributed by atoms with Crippen molar-refractivity contribution in [3.63, 3.8) is 0 Å². The number of rotatable bonds is 2. The summed E-state index contributed by atoms with van der Waals surface area (Å²) in [5, 5.41) is 10.7. The molecule has 86 valence electrons. The van der Waals surface area contributed by atoms with Crippen molar-refractivity contribution in [3.8, 4) is 0 Å². The molecule has 0 aliphatic carbocycles. The second-order valence-corrected chi connectivity index (χ2v) is 3.90. The molecule has 0 saturated carbocycles. The molecule has 0 amide bonds. The lowest BCUT2D eigenvalue weighted by molar-refractivity contribution is -0.385. The van der Waals surface area contributed by atoms with Gasteiger partial charge in [0.15, 0.2) is 5.79 Å². The van der Waals surface area contributed by atoms with E-state index in [2.05, 4.69) is 0 Å². The highest BCUT2D eigenvalue weighted by molar-refractivity contribution is 5.41. The maximum absolute atomic E-state index is 10.7. The minimum absolute atomic E-state index is 0.0564. The molecule has 1 aromatic carbocycles.